The summed E-state index contributed by atoms with van der Waals surface area (Å²) in [5, 5.41) is 13.0. The van der Waals surface area contributed by atoms with Crippen molar-refractivity contribution in [2.75, 3.05) is 18.9 Å². The van der Waals surface area contributed by atoms with Gasteiger partial charge in [-0.1, -0.05) is 78.5 Å². The Bertz CT molecular complexity index is 1860. The van der Waals surface area contributed by atoms with Crippen molar-refractivity contribution < 1.29 is 37.5 Å². The Morgan fingerprint density at radius 1 is 0.982 bits per heavy atom. The van der Waals surface area contributed by atoms with Crippen molar-refractivity contribution in [3.63, 3.8) is 0 Å². The number of carboxylic acid groups (broad SMARTS) is 1. The molecule has 0 unspecified atom stereocenters. The number of rotatable bonds is 15. The van der Waals surface area contributed by atoms with Gasteiger partial charge in [-0.05, 0) is 78.7 Å². The number of aliphatic carboxylic acids is 1. The molecule has 1 heterocycles. The quantitative estimate of drug-likeness (QED) is 0.163. The summed E-state index contributed by atoms with van der Waals surface area (Å²) < 4.78 is 29.3. The summed E-state index contributed by atoms with van der Waals surface area (Å²) in [5.41, 5.74) is -2.10. The monoisotopic (exact) mass is 779 g/mol. The molecule has 6 rings (SSSR count). The maximum atomic E-state index is 15.0. The van der Waals surface area contributed by atoms with Gasteiger partial charge in [-0.15, -0.1) is 6.58 Å². The molecule has 1 aliphatic heterocycles. The number of sulfonamides is 1. The first-order chi connectivity index (χ1) is 25.7. The first-order valence-corrected chi connectivity index (χ1v) is 21.7. The molecule has 302 valence electrons. The molecule has 0 bridgehead atoms. The van der Waals surface area contributed by atoms with Crippen molar-refractivity contribution in [1.29, 1.82) is 0 Å². The summed E-state index contributed by atoms with van der Waals surface area (Å²) in [7, 11) is -2.70. The minimum absolute atomic E-state index is 0.00237. The number of para-hydroxylation sites is 1. The van der Waals surface area contributed by atoms with Crippen molar-refractivity contribution in [2.45, 2.75) is 129 Å². The number of likely N-dealkylation sites (tertiary alicyclic amines) is 1. The SMILES string of the molecule is C=C[C@@H]1C[C@]1(CC(=O)[C@@H]1C[C@@]2(CN1C(=O)[C@@H](CC(=O)C[C@H](C(=O)O)C1CCCCC1)C(C)(C)C)C(C)(C)C21CCC1)C(=O)NS(=O)(=O)c1ccccc1NC. The molecule has 12 heteroatoms. The van der Waals surface area contributed by atoms with Crippen LogP contribution in [0.25, 0.3) is 0 Å². The van der Waals surface area contributed by atoms with Crippen LogP contribution >= 0.6 is 0 Å². The predicted octanol–water partition coefficient (Wildman–Crippen LogP) is 6.77. The summed E-state index contributed by atoms with van der Waals surface area (Å²) in [6, 6.07) is 5.40. The lowest BCUT2D eigenvalue weighted by molar-refractivity contribution is -0.148. The molecule has 1 aromatic rings. The van der Waals surface area contributed by atoms with E-state index in [-0.39, 0.29) is 70.2 Å². The third-order valence-electron chi connectivity index (χ3n) is 15.3. The van der Waals surface area contributed by atoms with Crippen LogP contribution in [-0.2, 0) is 34.0 Å². The number of allylic oxidation sites excluding steroid dienone is 1. The van der Waals surface area contributed by atoms with Gasteiger partial charge in [-0.25, -0.2) is 13.1 Å². The molecule has 4 aliphatic carbocycles. The van der Waals surface area contributed by atoms with Crippen LogP contribution in [0.2, 0.25) is 0 Å². The second-order valence-electron chi connectivity index (χ2n) is 19.1. The molecular weight excluding hydrogens is 719 g/mol. The number of Topliss-reactive ketones (excluding diaryl/α,β-unsaturated/α-hetero) is 2. The number of ketones is 2. The van der Waals surface area contributed by atoms with Crippen molar-refractivity contribution in [3.8, 4) is 0 Å². The van der Waals surface area contributed by atoms with Gasteiger partial charge in [0, 0.05) is 44.2 Å². The first-order valence-electron chi connectivity index (χ1n) is 20.3. The smallest absolute Gasteiger partial charge is 0.307 e. The molecule has 4 saturated carbocycles. The van der Waals surface area contributed by atoms with Crippen molar-refractivity contribution in [2.24, 2.45) is 50.7 Å². The molecule has 0 radical (unpaired) electrons. The van der Waals surface area contributed by atoms with Crippen LogP contribution in [0.4, 0.5) is 5.69 Å². The molecule has 5 aliphatic rings. The van der Waals surface area contributed by atoms with E-state index in [1.807, 2.05) is 20.8 Å². The summed E-state index contributed by atoms with van der Waals surface area (Å²) in [4.78, 5) is 71.5. The van der Waals surface area contributed by atoms with E-state index >= 15 is 0 Å². The number of amides is 2. The Labute approximate surface area is 326 Å². The highest BCUT2D eigenvalue weighted by Gasteiger charge is 2.85. The molecular formula is C43H61N3O8S. The number of hydrogen-bond acceptors (Lipinski definition) is 8. The number of carbonyl (C=O) groups excluding carboxylic acids is 4. The van der Waals surface area contributed by atoms with Crippen LogP contribution in [0.5, 0.6) is 0 Å². The zero-order chi connectivity index (χ0) is 40.4. The zero-order valence-corrected chi connectivity index (χ0v) is 34.4. The van der Waals surface area contributed by atoms with E-state index < -0.39 is 56.5 Å². The molecule has 2 amide bonds. The lowest BCUT2D eigenvalue weighted by Gasteiger charge is -2.36. The van der Waals surface area contributed by atoms with Gasteiger partial charge in [-0.3, -0.25) is 24.0 Å². The van der Waals surface area contributed by atoms with Gasteiger partial charge in [0.25, 0.3) is 10.0 Å². The third kappa shape index (κ3) is 6.86. The fourth-order valence-electron chi connectivity index (χ4n) is 11.4. The van der Waals surface area contributed by atoms with Gasteiger partial charge in [-0.2, -0.15) is 0 Å². The number of carboxylic acids is 1. The zero-order valence-electron chi connectivity index (χ0n) is 33.5. The van der Waals surface area contributed by atoms with Crippen LogP contribution in [0, 0.1) is 50.7 Å². The number of anilines is 1. The fraction of sp³-hybridized carbons (Fsp3) is 0.698. The third-order valence-corrected chi connectivity index (χ3v) is 16.6. The highest BCUT2D eigenvalue weighted by atomic mass is 32.2. The van der Waals surface area contributed by atoms with E-state index in [2.05, 4.69) is 30.5 Å². The van der Waals surface area contributed by atoms with Crippen LogP contribution < -0.4 is 10.0 Å². The standard InChI is InChI=1S/C43H61N3O8S/c1-8-28-23-41(28,38(52)45-55(53,54)35-18-13-12-17-32(35)44-7)25-34(48)33-24-43(40(5,6)42(43)19-14-20-42)26-46(33)36(49)31(39(2,3)4)22-29(47)21-30(37(50)51)27-15-10-9-11-16-27/h8,12-13,17-18,27-28,30-31,33,44H,1,9-11,14-16,19-26H2,2-7H3,(H,45,52)(H,50,51)/t28-,30+,31-,33+,41-,43-/m1/s1. The topological polar surface area (TPSA) is 167 Å². The largest absolute Gasteiger partial charge is 0.481 e. The number of fused-ring (bicyclic) bond motifs is 1. The normalized spacial score (nSPS) is 29.2. The maximum absolute atomic E-state index is 15.0. The average molecular weight is 780 g/mol. The van der Waals surface area contributed by atoms with E-state index in [1.165, 1.54) is 6.07 Å². The molecule has 2 spiro atoms. The van der Waals surface area contributed by atoms with Gasteiger partial charge in [0.05, 0.1) is 23.1 Å². The Balaban J connectivity index is 1.27. The van der Waals surface area contributed by atoms with E-state index in [4.69, 9.17) is 0 Å². The number of benzene rings is 1. The van der Waals surface area contributed by atoms with Gasteiger partial charge in [0.2, 0.25) is 11.8 Å². The number of nitrogens with zero attached hydrogens (tertiary/aromatic N) is 1. The molecule has 1 saturated heterocycles. The Hall–Kier alpha value is -3.54. The number of nitrogens with one attached hydrogen (secondary N) is 2. The second-order valence-corrected chi connectivity index (χ2v) is 20.7. The summed E-state index contributed by atoms with van der Waals surface area (Å²) in [6.07, 6.45) is 9.44. The fourth-order valence-corrected chi connectivity index (χ4v) is 12.7. The van der Waals surface area contributed by atoms with Crippen molar-refractivity contribution in [1.82, 2.24) is 9.62 Å². The predicted molar refractivity (Wildman–Crippen MR) is 209 cm³/mol. The number of hydrogen-bond donors (Lipinski definition) is 3. The summed E-state index contributed by atoms with van der Waals surface area (Å²) in [5.74, 6) is -4.64. The minimum atomic E-state index is -4.29. The highest BCUT2D eigenvalue weighted by molar-refractivity contribution is 7.90. The molecule has 6 atom stereocenters. The van der Waals surface area contributed by atoms with Gasteiger partial charge >= 0.3 is 5.97 Å². The van der Waals surface area contributed by atoms with Crippen LogP contribution in [-0.4, -0.2) is 67.4 Å². The molecule has 1 aromatic carbocycles. The minimum Gasteiger partial charge on any atom is -0.481 e. The lowest BCUT2D eigenvalue weighted by atomic mass is 9.73. The van der Waals surface area contributed by atoms with Gasteiger partial charge in [0.1, 0.15) is 10.7 Å². The Morgan fingerprint density at radius 3 is 2.16 bits per heavy atom. The highest BCUT2D eigenvalue weighted by Crippen LogP contribution is 2.88. The van der Waals surface area contributed by atoms with Crippen LogP contribution in [0.1, 0.15) is 118 Å². The van der Waals surface area contributed by atoms with E-state index in [9.17, 15) is 37.5 Å². The second kappa shape index (κ2) is 14.4. The van der Waals surface area contributed by atoms with Crippen LogP contribution in [0.3, 0.4) is 0 Å². The average Bonchev–Trinajstić information content (AvgIpc) is 3.84. The van der Waals surface area contributed by atoms with E-state index in [0.29, 0.717) is 18.7 Å². The summed E-state index contributed by atoms with van der Waals surface area (Å²) >= 11 is 0. The van der Waals surface area contributed by atoms with Crippen molar-refractivity contribution in [3.05, 3.63) is 36.9 Å². The van der Waals surface area contributed by atoms with Gasteiger partial charge in [0.15, 0.2) is 5.78 Å². The molecule has 5 fully saturated rings. The van der Waals surface area contributed by atoms with Crippen LogP contribution in [0.15, 0.2) is 41.8 Å². The van der Waals surface area contributed by atoms with E-state index in [1.54, 1.807) is 36.2 Å². The first kappa shape index (κ1) is 41.1. The van der Waals surface area contributed by atoms with Gasteiger partial charge < -0.3 is 15.3 Å². The van der Waals surface area contributed by atoms with E-state index in [0.717, 1.165) is 51.4 Å². The Morgan fingerprint density at radius 2 is 1.64 bits per heavy atom. The maximum Gasteiger partial charge on any atom is 0.307 e. The molecule has 55 heavy (non-hydrogen) atoms. The lowest BCUT2D eigenvalue weighted by Crippen LogP contribution is -2.48. The Kier molecular flexibility index (Phi) is 10.8. The van der Waals surface area contributed by atoms with Crippen molar-refractivity contribution >= 4 is 45.1 Å². The molecule has 11 nitrogen and oxygen atoms in total. The molecule has 3 N–H and O–H groups in total. The number of carbonyl (C=O) groups is 5. The molecule has 0 aromatic heterocycles. The summed E-state index contributed by atoms with van der Waals surface area (Å²) in [6.45, 7) is 14.4.